The van der Waals surface area contributed by atoms with Crippen molar-refractivity contribution in [3.8, 4) is 0 Å². The Morgan fingerprint density at radius 2 is 0.860 bits per heavy atom. The van der Waals surface area contributed by atoms with Crippen molar-refractivity contribution in [1.29, 1.82) is 0 Å². The maximum Gasteiger partial charge on any atom is 1.00 e. The van der Waals surface area contributed by atoms with Gasteiger partial charge in [0.1, 0.15) is 30.0 Å². The van der Waals surface area contributed by atoms with E-state index in [1.807, 2.05) is 0 Å². The summed E-state index contributed by atoms with van der Waals surface area (Å²) in [6.45, 7) is 0. The van der Waals surface area contributed by atoms with Gasteiger partial charge in [-0.2, -0.15) is 16.8 Å². The molecule has 0 fully saturated rings. The summed E-state index contributed by atoms with van der Waals surface area (Å²) in [6.07, 6.45) is 1.33. The van der Waals surface area contributed by atoms with Crippen LogP contribution in [-0.4, -0.2) is 63.7 Å². The molecule has 0 saturated heterocycles. The van der Waals surface area contributed by atoms with Crippen LogP contribution in [-0.2, 0) is 50.1 Å². The molecule has 0 aliphatic heterocycles. The minimum Gasteiger partial charge on any atom is -0.744 e. The van der Waals surface area contributed by atoms with E-state index in [4.69, 9.17) is 0 Å². The Hall–Kier alpha value is -2.02. The molecule has 4 rings (SSSR count). The summed E-state index contributed by atoms with van der Waals surface area (Å²) >= 11 is 0. The first-order valence-electron chi connectivity index (χ1n) is 13.8. The van der Waals surface area contributed by atoms with Gasteiger partial charge in [0.15, 0.2) is 0 Å². The molecule has 22 heteroatoms. The normalized spacial score (nSPS) is 12.2. The number of benzene rings is 4. The van der Waals surface area contributed by atoms with Gasteiger partial charge in [0.05, 0.1) is 21.2 Å². The number of anilines is 2. The molecular formula is C28H26N2Na2O14S4. The zero-order valence-electron chi connectivity index (χ0n) is 26.4. The molecule has 2 amide bonds. The van der Waals surface area contributed by atoms with Crippen LogP contribution in [0.1, 0.15) is 38.5 Å². The van der Waals surface area contributed by atoms with E-state index in [1.165, 1.54) is 0 Å². The van der Waals surface area contributed by atoms with E-state index in [2.05, 4.69) is 10.6 Å². The molecule has 0 saturated carbocycles. The topological polar surface area (TPSA) is 281 Å². The first-order chi connectivity index (χ1) is 22.2. The van der Waals surface area contributed by atoms with E-state index in [9.17, 15) is 61.5 Å². The Kier molecular flexibility index (Phi) is 15.2. The van der Waals surface area contributed by atoms with Gasteiger partial charge in [-0.1, -0.05) is 37.1 Å². The number of fused-ring (bicyclic) bond motifs is 2. The fourth-order valence-corrected chi connectivity index (χ4v) is 7.92. The van der Waals surface area contributed by atoms with Crippen LogP contribution in [0.25, 0.3) is 21.5 Å². The predicted molar refractivity (Wildman–Crippen MR) is 168 cm³/mol. The maximum atomic E-state index is 12.6. The van der Waals surface area contributed by atoms with Gasteiger partial charge in [0, 0.05) is 34.4 Å². The molecule has 4 aromatic rings. The third-order valence-corrected chi connectivity index (χ3v) is 10.7. The van der Waals surface area contributed by atoms with Crippen molar-refractivity contribution in [3.63, 3.8) is 0 Å². The quantitative estimate of drug-likeness (QED) is 0.0606. The molecule has 4 aromatic carbocycles. The monoisotopic (exact) mass is 788 g/mol. The van der Waals surface area contributed by atoms with Crippen LogP contribution in [0.2, 0.25) is 0 Å². The molecule has 4 N–H and O–H groups in total. The van der Waals surface area contributed by atoms with Crippen LogP contribution < -0.4 is 69.7 Å². The van der Waals surface area contributed by atoms with Gasteiger partial charge in [-0.3, -0.25) is 18.7 Å². The van der Waals surface area contributed by atoms with Gasteiger partial charge in [-0.15, -0.1) is 0 Å². The molecule has 0 unspecified atom stereocenters. The second kappa shape index (κ2) is 17.2. The number of rotatable bonds is 13. The van der Waals surface area contributed by atoms with Gasteiger partial charge >= 0.3 is 59.1 Å². The first-order valence-corrected chi connectivity index (χ1v) is 19.5. The zero-order chi connectivity index (χ0) is 35.7. The predicted octanol–water partition coefficient (Wildman–Crippen LogP) is -2.78. The van der Waals surface area contributed by atoms with E-state index in [0.717, 1.165) is 60.7 Å². The number of carbonyl (C=O) groups is 2. The van der Waals surface area contributed by atoms with Crippen LogP contribution in [0.3, 0.4) is 0 Å². The van der Waals surface area contributed by atoms with E-state index in [0.29, 0.717) is 25.7 Å². The average molecular weight is 789 g/mol. The van der Waals surface area contributed by atoms with Crippen LogP contribution in [0.4, 0.5) is 11.4 Å². The van der Waals surface area contributed by atoms with E-state index >= 15 is 0 Å². The first kappa shape index (κ1) is 44.1. The minimum absolute atomic E-state index is 0. The third-order valence-electron chi connectivity index (χ3n) is 7.13. The van der Waals surface area contributed by atoms with Gasteiger partial charge in [-0.05, 0) is 49.2 Å². The fourth-order valence-electron chi connectivity index (χ4n) is 5.12. The molecule has 0 aliphatic carbocycles. The van der Waals surface area contributed by atoms with Gasteiger partial charge < -0.3 is 19.7 Å². The van der Waals surface area contributed by atoms with E-state index in [-0.39, 0.29) is 105 Å². The summed E-state index contributed by atoms with van der Waals surface area (Å²) in [5.41, 5.74) is -0.310. The largest absolute Gasteiger partial charge is 1.00 e. The summed E-state index contributed by atoms with van der Waals surface area (Å²) in [5, 5.41) is 3.57. The summed E-state index contributed by atoms with van der Waals surface area (Å²) in [5.74, 6) is -1.19. The number of nitrogens with one attached hydrogen (secondary N) is 2. The van der Waals surface area contributed by atoms with Crippen molar-refractivity contribution >= 4 is 85.2 Å². The van der Waals surface area contributed by atoms with Crippen molar-refractivity contribution in [2.24, 2.45) is 0 Å². The fraction of sp³-hybridized carbons (Fsp3) is 0.214. The molecule has 0 heterocycles. The molecular weight excluding hydrogens is 763 g/mol. The van der Waals surface area contributed by atoms with Gasteiger partial charge in [0.2, 0.25) is 11.8 Å². The molecule has 0 radical (unpaired) electrons. The molecule has 0 bridgehead atoms. The van der Waals surface area contributed by atoms with Crippen molar-refractivity contribution in [3.05, 3.63) is 60.7 Å². The van der Waals surface area contributed by atoms with E-state index in [1.54, 1.807) is 0 Å². The number of carbonyl (C=O) groups excluding carboxylic acids is 2. The van der Waals surface area contributed by atoms with Crippen molar-refractivity contribution in [2.75, 3.05) is 10.6 Å². The van der Waals surface area contributed by atoms with Crippen LogP contribution in [0.5, 0.6) is 0 Å². The SMILES string of the molecule is O=C(CCCCCCC(=O)Nc1ccc(S(=O)(=O)[O-])c2cccc(S(=O)(=O)O)c12)Nc1ccc(S(=O)(=O)[O-])c2cccc(S(=O)(=O)O)c12.[Na+].[Na+]. The Morgan fingerprint density at radius 3 is 1.16 bits per heavy atom. The average Bonchev–Trinajstić information content (AvgIpc) is 2.96. The molecule has 16 nitrogen and oxygen atoms in total. The molecule has 0 aliphatic rings. The van der Waals surface area contributed by atoms with Crippen LogP contribution >= 0.6 is 0 Å². The van der Waals surface area contributed by atoms with E-state index < -0.39 is 71.9 Å². The summed E-state index contributed by atoms with van der Waals surface area (Å²) in [4.78, 5) is 22.4. The molecule has 0 aromatic heterocycles. The Bertz CT molecular complexity index is 2230. The standard InChI is InChI=1S/C28H28N2O14S4.2Na/c31-25(29-19-13-15-21(45(33,34)35)17-7-5-9-23(27(17)19)47(39,40)41)11-3-1-2-4-12-26(32)30-20-14-16-22(46(36,37)38)18-8-6-10-24(28(18)20)48(42,43)44;;/h5-10,13-16H,1-4,11-12H2,(H,29,31)(H,30,32)(H,33,34,35)(H,36,37,38)(H,39,40,41)(H,42,43,44);;/q;2*+1/p-2. The van der Waals surface area contributed by atoms with Crippen molar-refractivity contribution < 1.29 is 121 Å². The number of unbranched alkanes of at least 4 members (excludes halogenated alkanes) is 3. The Morgan fingerprint density at radius 1 is 0.520 bits per heavy atom. The van der Waals surface area contributed by atoms with Crippen molar-refractivity contribution in [1.82, 2.24) is 0 Å². The molecule has 258 valence electrons. The van der Waals surface area contributed by atoms with Crippen LogP contribution in [0.15, 0.2) is 80.2 Å². The van der Waals surface area contributed by atoms with Crippen LogP contribution in [0, 0.1) is 0 Å². The minimum atomic E-state index is -5.04. The smallest absolute Gasteiger partial charge is 0.744 e. The Labute approximate surface area is 332 Å². The summed E-state index contributed by atoms with van der Waals surface area (Å²) in [6, 6.07) is 10.4. The maximum absolute atomic E-state index is 12.6. The summed E-state index contributed by atoms with van der Waals surface area (Å²) in [7, 11) is -19.9. The number of hydrogen-bond acceptors (Lipinski definition) is 12. The molecule has 0 atom stereocenters. The number of hydrogen-bond donors (Lipinski definition) is 4. The number of amides is 2. The molecule has 50 heavy (non-hydrogen) atoms. The zero-order valence-corrected chi connectivity index (χ0v) is 33.7. The summed E-state index contributed by atoms with van der Waals surface area (Å²) < 4.78 is 137. The third kappa shape index (κ3) is 10.8. The Balaban J connectivity index is 0.00000433. The van der Waals surface area contributed by atoms with Crippen molar-refractivity contribution in [2.45, 2.75) is 58.1 Å². The molecule has 0 spiro atoms. The second-order valence-electron chi connectivity index (χ2n) is 10.4. The second-order valence-corrected chi connectivity index (χ2v) is 15.9. The van der Waals surface area contributed by atoms with Gasteiger partial charge in [0.25, 0.3) is 20.2 Å². The van der Waals surface area contributed by atoms with Gasteiger partial charge in [-0.25, -0.2) is 16.8 Å².